The van der Waals surface area contributed by atoms with E-state index < -0.39 is 0 Å². The van der Waals surface area contributed by atoms with Crippen LogP contribution in [0.5, 0.6) is 0 Å². The molecule has 0 saturated carbocycles. The van der Waals surface area contributed by atoms with Gasteiger partial charge in [-0.1, -0.05) is 24.3 Å². The number of hydrogen-bond donors (Lipinski definition) is 0. The molecule has 1 heterocycles. The van der Waals surface area contributed by atoms with E-state index in [1.54, 1.807) is 0 Å². The Morgan fingerprint density at radius 3 is 3.00 bits per heavy atom. The topological polar surface area (TPSA) is 58.7 Å². The van der Waals surface area contributed by atoms with Gasteiger partial charge in [-0.3, -0.25) is 9.36 Å². The summed E-state index contributed by atoms with van der Waals surface area (Å²) >= 11 is 0. The maximum Gasteiger partial charge on any atom is 0.258 e. The fourth-order valence-electron chi connectivity index (χ4n) is 2.41. The van der Waals surface area contributed by atoms with Gasteiger partial charge < -0.3 is 0 Å². The molecule has 1 aromatic heterocycles. The molecule has 0 N–H and O–H groups in total. The van der Waals surface area contributed by atoms with Crippen molar-refractivity contribution < 1.29 is 0 Å². The second-order valence-electron chi connectivity index (χ2n) is 4.32. The Labute approximate surface area is 104 Å². The van der Waals surface area contributed by atoms with Gasteiger partial charge in [0.1, 0.15) is 6.54 Å². The monoisotopic (exact) mass is 237 g/mol. The predicted molar refractivity (Wildman–Crippen MR) is 67.0 cm³/mol. The van der Waals surface area contributed by atoms with Crippen LogP contribution in [0.15, 0.2) is 35.4 Å². The highest BCUT2D eigenvalue weighted by atomic mass is 16.1. The van der Waals surface area contributed by atoms with Gasteiger partial charge >= 0.3 is 0 Å². The first-order chi connectivity index (χ1) is 8.81. The summed E-state index contributed by atoms with van der Waals surface area (Å²) in [7, 11) is 0. The Balaban J connectivity index is 2.23. The van der Waals surface area contributed by atoms with Crippen LogP contribution < -0.4 is 5.56 Å². The van der Waals surface area contributed by atoms with Crippen LogP contribution in [0.1, 0.15) is 11.1 Å². The molecule has 1 aliphatic rings. The van der Waals surface area contributed by atoms with Crippen molar-refractivity contribution in [2.75, 3.05) is 0 Å². The van der Waals surface area contributed by atoms with Crippen molar-refractivity contribution in [3.8, 4) is 17.3 Å². The van der Waals surface area contributed by atoms with Crippen LogP contribution in [-0.2, 0) is 19.4 Å². The SMILES string of the molecule is N#CCn1cnc2c(c1=O)CCc1ccccc1-2. The molecule has 1 aromatic carbocycles. The molecule has 1 aliphatic carbocycles. The lowest BCUT2D eigenvalue weighted by Gasteiger charge is -2.18. The molecule has 4 nitrogen and oxygen atoms in total. The van der Waals surface area contributed by atoms with Gasteiger partial charge in [-0.25, -0.2) is 4.98 Å². The van der Waals surface area contributed by atoms with Gasteiger partial charge in [0, 0.05) is 11.1 Å². The first kappa shape index (κ1) is 10.7. The predicted octanol–water partition coefficient (Wildman–Crippen LogP) is 1.53. The Morgan fingerprint density at radius 2 is 2.17 bits per heavy atom. The zero-order valence-corrected chi connectivity index (χ0v) is 9.76. The summed E-state index contributed by atoms with van der Waals surface area (Å²) < 4.78 is 1.37. The minimum Gasteiger partial charge on any atom is -0.285 e. The van der Waals surface area contributed by atoms with Crippen molar-refractivity contribution in [2.24, 2.45) is 0 Å². The maximum absolute atomic E-state index is 12.2. The molecule has 0 radical (unpaired) electrons. The van der Waals surface area contributed by atoms with Crippen molar-refractivity contribution in [3.05, 3.63) is 52.1 Å². The summed E-state index contributed by atoms with van der Waals surface area (Å²) in [6.07, 6.45) is 3.02. The third-order valence-corrected chi connectivity index (χ3v) is 3.29. The first-order valence-corrected chi connectivity index (χ1v) is 5.85. The zero-order chi connectivity index (χ0) is 12.5. The van der Waals surface area contributed by atoms with Crippen LogP contribution in [0.3, 0.4) is 0 Å². The summed E-state index contributed by atoms with van der Waals surface area (Å²) in [6.45, 7) is 0.0563. The van der Waals surface area contributed by atoms with Gasteiger partial charge in [0.15, 0.2) is 0 Å². The van der Waals surface area contributed by atoms with E-state index in [1.807, 2.05) is 24.3 Å². The Hall–Kier alpha value is -2.41. The van der Waals surface area contributed by atoms with Gasteiger partial charge in [0.25, 0.3) is 5.56 Å². The molecule has 0 spiro atoms. The summed E-state index contributed by atoms with van der Waals surface area (Å²) in [5.74, 6) is 0. The van der Waals surface area contributed by atoms with Gasteiger partial charge in [-0.15, -0.1) is 0 Å². The number of rotatable bonds is 1. The standard InChI is InChI=1S/C14H11N3O/c15-7-8-17-9-16-13-11-4-2-1-3-10(11)5-6-12(13)14(17)18/h1-4,9H,5-6,8H2. The van der Waals surface area contributed by atoms with Crippen molar-refractivity contribution in [2.45, 2.75) is 19.4 Å². The quantitative estimate of drug-likeness (QED) is 0.755. The summed E-state index contributed by atoms with van der Waals surface area (Å²) in [5.41, 5.74) is 3.69. The Morgan fingerprint density at radius 1 is 1.33 bits per heavy atom. The molecule has 0 fully saturated rings. The first-order valence-electron chi connectivity index (χ1n) is 5.85. The Kier molecular flexibility index (Phi) is 2.45. The number of aryl methyl sites for hydroxylation is 1. The normalized spacial score (nSPS) is 12.4. The van der Waals surface area contributed by atoms with Gasteiger partial charge in [-0.2, -0.15) is 5.26 Å². The van der Waals surface area contributed by atoms with E-state index in [0.29, 0.717) is 6.42 Å². The van der Waals surface area contributed by atoms with Crippen LogP contribution in [0.2, 0.25) is 0 Å². The fraction of sp³-hybridized carbons (Fsp3) is 0.214. The lowest BCUT2D eigenvalue weighted by Crippen LogP contribution is -2.27. The van der Waals surface area contributed by atoms with Crippen molar-refractivity contribution in [3.63, 3.8) is 0 Å². The average molecular weight is 237 g/mol. The average Bonchev–Trinajstić information content (AvgIpc) is 2.42. The van der Waals surface area contributed by atoms with Crippen molar-refractivity contribution in [1.29, 1.82) is 5.26 Å². The molecular weight excluding hydrogens is 226 g/mol. The zero-order valence-electron chi connectivity index (χ0n) is 9.76. The summed E-state index contributed by atoms with van der Waals surface area (Å²) in [4.78, 5) is 16.5. The minimum atomic E-state index is -0.0870. The van der Waals surface area contributed by atoms with E-state index in [-0.39, 0.29) is 12.1 Å². The largest absolute Gasteiger partial charge is 0.285 e. The number of fused-ring (bicyclic) bond motifs is 3. The van der Waals surface area contributed by atoms with E-state index >= 15 is 0 Å². The molecule has 18 heavy (non-hydrogen) atoms. The fourth-order valence-corrected chi connectivity index (χ4v) is 2.41. The van der Waals surface area contributed by atoms with E-state index in [0.717, 1.165) is 23.2 Å². The molecule has 0 saturated heterocycles. The number of benzene rings is 1. The molecule has 0 amide bonds. The highest BCUT2D eigenvalue weighted by Gasteiger charge is 2.20. The molecule has 88 valence electrons. The second-order valence-corrected chi connectivity index (χ2v) is 4.32. The van der Waals surface area contributed by atoms with E-state index in [9.17, 15) is 4.79 Å². The third-order valence-electron chi connectivity index (χ3n) is 3.29. The molecule has 3 rings (SSSR count). The van der Waals surface area contributed by atoms with Gasteiger partial charge in [0.05, 0.1) is 18.1 Å². The summed E-state index contributed by atoms with van der Waals surface area (Å²) in [6, 6.07) is 9.99. The lowest BCUT2D eigenvalue weighted by atomic mass is 9.90. The van der Waals surface area contributed by atoms with Crippen LogP contribution in [0.25, 0.3) is 11.3 Å². The third kappa shape index (κ3) is 1.52. The highest BCUT2D eigenvalue weighted by Crippen LogP contribution is 2.29. The highest BCUT2D eigenvalue weighted by molar-refractivity contribution is 5.68. The number of nitriles is 1. The molecular formula is C14H11N3O. The molecule has 0 aliphatic heterocycles. The molecule has 4 heteroatoms. The van der Waals surface area contributed by atoms with Crippen LogP contribution >= 0.6 is 0 Å². The second kappa shape index (κ2) is 4.11. The molecule has 2 aromatic rings. The molecule has 0 atom stereocenters. The van der Waals surface area contributed by atoms with E-state index in [1.165, 1.54) is 16.5 Å². The van der Waals surface area contributed by atoms with Crippen molar-refractivity contribution in [1.82, 2.24) is 9.55 Å². The van der Waals surface area contributed by atoms with Crippen LogP contribution in [-0.4, -0.2) is 9.55 Å². The Bertz CT molecular complexity index is 710. The lowest BCUT2D eigenvalue weighted by molar-refractivity contribution is 0.734. The minimum absolute atomic E-state index is 0.0563. The maximum atomic E-state index is 12.2. The van der Waals surface area contributed by atoms with Gasteiger partial charge in [-0.05, 0) is 18.4 Å². The smallest absolute Gasteiger partial charge is 0.258 e. The molecule has 0 unspecified atom stereocenters. The van der Waals surface area contributed by atoms with Crippen LogP contribution in [0.4, 0.5) is 0 Å². The van der Waals surface area contributed by atoms with Crippen molar-refractivity contribution >= 4 is 0 Å². The van der Waals surface area contributed by atoms with Crippen LogP contribution in [0, 0.1) is 11.3 Å². The van der Waals surface area contributed by atoms with Gasteiger partial charge in [0.2, 0.25) is 0 Å². The number of hydrogen-bond acceptors (Lipinski definition) is 3. The van der Waals surface area contributed by atoms with E-state index in [2.05, 4.69) is 11.1 Å². The van der Waals surface area contributed by atoms with E-state index in [4.69, 9.17) is 5.26 Å². The molecule has 0 bridgehead atoms. The summed E-state index contributed by atoms with van der Waals surface area (Å²) in [5, 5.41) is 8.67. The number of nitrogens with zero attached hydrogens (tertiary/aromatic N) is 3. The number of aromatic nitrogens is 2.